The van der Waals surface area contributed by atoms with Gasteiger partial charge in [-0.1, -0.05) is 128 Å². The number of aliphatic hydroxyl groups is 1. The van der Waals surface area contributed by atoms with Crippen molar-refractivity contribution in [1.82, 2.24) is 0 Å². The fraction of sp³-hybridized carbons (Fsp3) is 0.956. The Hall–Kier alpha value is -0.400. The Kier molecular flexibility index (Phi) is 23.9. The molecule has 0 saturated heterocycles. The summed E-state index contributed by atoms with van der Waals surface area (Å²) in [5.74, 6) is 6.83. The number of aliphatic hydroxyl groups excluding tert-OH is 1. The maximum absolute atomic E-state index is 12.8. The van der Waals surface area contributed by atoms with Crippen LogP contribution in [0.1, 0.15) is 205 Å². The number of rotatable bonds is 26. The molecule has 0 spiro atoms. The highest BCUT2D eigenvalue weighted by atomic mass is 32.2. The van der Waals surface area contributed by atoms with Crippen molar-refractivity contribution >= 4 is 35.5 Å². The molecule has 2 atom stereocenters. The predicted molar refractivity (Wildman–Crippen MR) is 222 cm³/mol. The Morgan fingerprint density at radius 3 is 1.25 bits per heavy atom. The molecule has 4 fully saturated rings. The third-order valence-corrected chi connectivity index (χ3v) is 15.4. The van der Waals surface area contributed by atoms with Crippen molar-refractivity contribution in [2.24, 2.45) is 23.7 Å². The third kappa shape index (κ3) is 19.5. The molecule has 52 heavy (non-hydrogen) atoms. The van der Waals surface area contributed by atoms with Crippen LogP contribution in [-0.4, -0.2) is 58.4 Å². The molecule has 0 radical (unpaired) electrons. The first-order valence-electron chi connectivity index (χ1n) is 22.8. The van der Waals surface area contributed by atoms with Gasteiger partial charge in [0, 0.05) is 24.3 Å². The molecule has 0 bridgehead atoms. The van der Waals surface area contributed by atoms with Crippen molar-refractivity contribution in [3.05, 3.63) is 0 Å². The van der Waals surface area contributed by atoms with Crippen LogP contribution in [0.5, 0.6) is 0 Å². The van der Waals surface area contributed by atoms with E-state index >= 15 is 0 Å². The van der Waals surface area contributed by atoms with E-state index in [9.17, 15) is 14.7 Å². The van der Waals surface area contributed by atoms with Gasteiger partial charge in [0.2, 0.25) is 0 Å². The molecule has 5 nitrogen and oxygen atoms in total. The highest BCUT2D eigenvalue weighted by Crippen LogP contribution is 2.33. The second-order valence-electron chi connectivity index (χ2n) is 17.4. The lowest BCUT2D eigenvalue weighted by atomic mass is 9.85. The highest BCUT2D eigenvalue weighted by molar-refractivity contribution is 7.99. The van der Waals surface area contributed by atoms with Crippen molar-refractivity contribution in [2.45, 2.75) is 224 Å². The summed E-state index contributed by atoms with van der Waals surface area (Å²) in [7, 11) is 0. The number of esters is 2. The minimum atomic E-state index is -0.173. The Morgan fingerprint density at radius 2 is 0.865 bits per heavy atom. The van der Waals surface area contributed by atoms with Gasteiger partial charge < -0.3 is 14.6 Å². The molecule has 0 aromatic carbocycles. The Balaban J connectivity index is 0.988. The van der Waals surface area contributed by atoms with Crippen LogP contribution in [0.4, 0.5) is 0 Å². The second kappa shape index (κ2) is 28.1. The average Bonchev–Trinajstić information content (AvgIpc) is 3.19. The quantitative estimate of drug-likeness (QED) is 0.0694. The summed E-state index contributed by atoms with van der Waals surface area (Å²) in [6.07, 6.45) is 38.0. The van der Waals surface area contributed by atoms with E-state index in [1.54, 1.807) is 0 Å². The van der Waals surface area contributed by atoms with Gasteiger partial charge in [-0.3, -0.25) is 9.59 Å². The van der Waals surface area contributed by atoms with E-state index in [0.29, 0.717) is 24.7 Å². The van der Waals surface area contributed by atoms with Crippen molar-refractivity contribution in [2.75, 3.05) is 23.0 Å². The van der Waals surface area contributed by atoms with Gasteiger partial charge >= 0.3 is 11.9 Å². The van der Waals surface area contributed by atoms with Gasteiger partial charge in [-0.15, -0.1) is 0 Å². The summed E-state index contributed by atoms with van der Waals surface area (Å²) in [6.45, 7) is 0. The van der Waals surface area contributed by atoms with Crippen LogP contribution in [0, 0.1) is 23.7 Å². The maximum Gasteiger partial charge on any atom is 0.306 e. The van der Waals surface area contributed by atoms with Crippen LogP contribution < -0.4 is 0 Å². The standard InChI is InChI=1S/C45H80O5S2/c46-41(27-15-5-17-33-51-35-42(39-23-11-3-12-24-39)49-44(47)31-29-37-19-7-1-8-20-37)28-16-6-18-34-52-36-43(40-25-13-4-14-26-40)50-45(48)32-30-38-21-9-2-10-22-38/h37-43,46H,1-36H2. The Bertz CT molecular complexity index is 835. The molecule has 2 unspecified atom stereocenters. The van der Waals surface area contributed by atoms with Gasteiger partial charge in [-0.05, 0) is 99.4 Å². The van der Waals surface area contributed by atoms with Crippen molar-refractivity contribution in [1.29, 1.82) is 0 Å². The number of carbonyl (C=O) groups excluding carboxylic acids is 2. The van der Waals surface area contributed by atoms with Crippen molar-refractivity contribution in [3.8, 4) is 0 Å². The lowest BCUT2D eigenvalue weighted by Crippen LogP contribution is -2.31. The molecule has 302 valence electrons. The Labute approximate surface area is 328 Å². The van der Waals surface area contributed by atoms with Gasteiger partial charge in [0.1, 0.15) is 12.2 Å². The molecule has 0 aromatic rings. The van der Waals surface area contributed by atoms with E-state index in [1.165, 1.54) is 154 Å². The van der Waals surface area contributed by atoms with Crippen LogP contribution in [0.2, 0.25) is 0 Å². The van der Waals surface area contributed by atoms with Crippen LogP contribution in [0.15, 0.2) is 0 Å². The monoisotopic (exact) mass is 765 g/mol. The van der Waals surface area contributed by atoms with Gasteiger partial charge in [0.05, 0.1) is 6.10 Å². The van der Waals surface area contributed by atoms with Gasteiger partial charge in [-0.2, -0.15) is 23.5 Å². The fourth-order valence-electron chi connectivity index (χ4n) is 9.66. The zero-order chi connectivity index (χ0) is 36.5. The van der Waals surface area contributed by atoms with Crippen LogP contribution >= 0.6 is 23.5 Å². The minimum absolute atomic E-state index is 0.0514. The van der Waals surface area contributed by atoms with Crippen LogP contribution in [0.3, 0.4) is 0 Å². The van der Waals surface area contributed by atoms with E-state index in [0.717, 1.165) is 73.4 Å². The van der Waals surface area contributed by atoms with Crippen molar-refractivity contribution < 1.29 is 24.2 Å². The highest BCUT2D eigenvalue weighted by Gasteiger charge is 2.29. The van der Waals surface area contributed by atoms with E-state index in [4.69, 9.17) is 9.47 Å². The van der Waals surface area contributed by atoms with Crippen LogP contribution in [0.25, 0.3) is 0 Å². The SMILES string of the molecule is O=C(CCC1CCCCC1)OC(CSCCCCCC(O)CCCCCSCC(OC(=O)CCC1CCCCC1)C1CCCCC1)C1CCCCC1. The zero-order valence-corrected chi connectivity index (χ0v) is 35.0. The number of hydrogen-bond acceptors (Lipinski definition) is 7. The maximum atomic E-state index is 12.8. The molecule has 0 aliphatic heterocycles. The molecule has 4 rings (SSSR count). The summed E-state index contributed by atoms with van der Waals surface area (Å²) < 4.78 is 12.3. The number of hydrogen-bond donors (Lipinski definition) is 1. The molecule has 4 saturated carbocycles. The Morgan fingerprint density at radius 1 is 0.500 bits per heavy atom. The van der Waals surface area contributed by atoms with E-state index in [1.807, 2.05) is 23.5 Å². The first-order chi connectivity index (χ1) is 25.6. The number of carbonyl (C=O) groups is 2. The lowest BCUT2D eigenvalue weighted by molar-refractivity contribution is -0.152. The smallest absolute Gasteiger partial charge is 0.306 e. The van der Waals surface area contributed by atoms with Gasteiger partial charge in [0.15, 0.2) is 0 Å². The summed E-state index contributed by atoms with van der Waals surface area (Å²) in [6, 6.07) is 0. The summed E-state index contributed by atoms with van der Waals surface area (Å²) in [4.78, 5) is 25.6. The average molecular weight is 765 g/mol. The molecule has 7 heteroatoms. The largest absolute Gasteiger partial charge is 0.461 e. The van der Waals surface area contributed by atoms with E-state index < -0.39 is 0 Å². The van der Waals surface area contributed by atoms with E-state index in [-0.39, 0.29) is 30.3 Å². The summed E-state index contributed by atoms with van der Waals surface area (Å²) in [5.41, 5.74) is 0. The predicted octanol–water partition coefficient (Wildman–Crippen LogP) is 12.6. The molecule has 0 heterocycles. The molecule has 4 aliphatic rings. The topological polar surface area (TPSA) is 72.8 Å². The molecular weight excluding hydrogens is 685 g/mol. The van der Waals surface area contributed by atoms with Gasteiger partial charge in [-0.25, -0.2) is 0 Å². The number of ether oxygens (including phenoxy) is 2. The second-order valence-corrected chi connectivity index (χ2v) is 19.7. The first-order valence-corrected chi connectivity index (χ1v) is 25.1. The fourth-order valence-corrected chi connectivity index (χ4v) is 12.0. The van der Waals surface area contributed by atoms with Crippen LogP contribution in [-0.2, 0) is 19.1 Å². The molecule has 4 aliphatic carbocycles. The normalized spacial score (nSPS) is 21.8. The summed E-state index contributed by atoms with van der Waals surface area (Å²) >= 11 is 3.96. The first kappa shape index (κ1) is 44.3. The lowest BCUT2D eigenvalue weighted by Gasteiger charge is -2.30. The van der Waals surface area contributed by atoms with E-state index in [2.05, 4.69) is 0 Å². The molecule has 1 N–H and O–H groups in total. The third-order valence-electron chi connectivity index (χ3n) is 13.1. The molecular formula is C45H80O5S2. The molecule has 0 amide bonds. The number of thioether (sulfide) groups is 2. The summed E-state index contributed by atoms with van der Waals surface area (Å²) in [5, 5.41) is 10.6. The van der Waals surface area contributed by atoms with Crippen molar-refractivity contribution in [3.63, 3.8) is 0 Å². The molecule has 0 aromatic heterocycles. The van der Waals surface area contributed by atoms with Gasteiger partial charge in [0.25, 0.3) is 0 Å². The minimum Gasteiger partial charge on any atom is -0.461 e. The number of unbranched alkanes of at least 4 members (excludes halogenated alkanes) is 4. The zero-order valence-electron chi connectivity index (χ0n) is 33.4.